The van der Waals surface area contributed by atoms with E-state index in [4.69, 9.17) is 14.4 Å². The molecule has 0 N–H and O–H groups in total. The second-order valence-corrected chi connectivity index (χ2v) is 15.3. The molecule has 3 nitrogen and oxygen atoms in total. The van der Waals surface area contributed by atoms with Crippen LogP contribution in [0.4, 0.5) is 0 Å². The third-order valence-electron chi connectivity index (χ3n) is 11.5. The van der Waals surface area contributed by atoms with Gasteiger partial charge in [0.1, 0.15) is 11.2 Å². The van der Waals surface area contributed by atoms with Crippen molar-refractivity contribution >= 4 is 21.9 Å². The summed E-state index contributed by atoms with van der Waals surface area (Å²) in [5, 5.41) is 2.21. The van der Waals surface area contributed by atoms with Crippen LogP contribution in [0.5, 0.6) is 0 Å². The van der Waals surface area contributed by atoms with Crippen LogP contribution in [0.25, 0.3) is 111 Å². The molecule has 0 atom stereocenters. The Hall–Kier alpha value is -8.14. The van der Waals surface area contributed by atoms with E-state index in [1.54, 1.807) is 0 Å². The van der Waals surface area contributed by atoms with Crippen LogP contribution in [0, 0.1) is 0 Å². The number of hydrogen-bond donors (Lipinski definition) is 0. The first kappa shape index (κ1) is 36.0. The van der Waals surface area contributed by atoms with Gasteiger partial charge in [-0.2, -0.15) is 0 Å². The first-order valence-electron chi connectivity index (χ1n) is 20.6. The van der Waals surface area contributed by atoms with Crippen molar-refractivity contribution in [1.29, 1.82) is 0 Å². The monoisotopic (exact) mass is 778 g/mol. The topological polar surface area (TPSA) is 38.9 Å². The maximum atomic E-state index is 6.47. The van der Waals surface area contributed by atoms with Gasteiger partial charge in [0.2, 0.25) is 0 Å². The number of furan rings is 1. The zero-order valence-electron chi connectivity index (χ0n) is 33.2. The molecule has 11 rings (SSSR count). The molecule has 0 aliphatic rings. The van der Waals surface area contributed by atoms with Crippen molar-refractivity contribution in [3.63, 3.8) is 0 Å². The highest BCUT2D eigenvalue weighted by atomic mass is 16.3. The molecule has 2 aromatic heterocycles. The van der Waals surface area contributed by atoms with Crippen LogP contribution in [-0.2, 0) is 0 Å². The van der Waals surface area contributed by atoms with Gasteiger partial charge in [0.15, 0.2) is 5.82 Å². The largest absolute Gasteiger partial charge is 0.456 e. The SMILES string of the molecule is c1ccc(-c2ccc(-c3cc(-c4cc(-c5ccccc5)cc(-c5ccc6c(c5)oc5ccccc56)c4-c4ccccc4)nc(-c4ccc(-c5ccccc5)cc4)n3)cc2)cc1. The van der Waals surface area contributed by atoms with Gasteiger partial charge in [0, 0.05) is 27.5 Å². The molecule has 61 heavy (non-hydrogen) atoms. The Labute approximate surface area is 354 Å². The third kappa shape index (κ3) is 6.98. The summed E-state index contributed by atoms with van der Waals surface area (Å²) in [5.74, 6) is 0.661. The van der Waals surface area contributed by atoms with E-state index in [0.717, 1.165) is 94.5 Å². The minimum Gasteiger partial charge on any atom is -0.456 e. The maximum Gasteiger partial charge on any atom is 0.160 e. The molecule has 3 heteroatoms. The van der Waals surface area contributed by atoms with E-state index in [9.17, 15) is 0 Å². The van der Waals surface area contributed by atoms with E-state index in [-0.39, 0.29) is 0 Å². The lowest BCUT2D eigenvalue weighted by Crippen LogP contribution is -1.99. The number of aromatic nitrogens is 2. The van der Waals surface area contributed by atoms with Crippen LogP contribution >= 0.6 is 0 Å². The Kier molecular flexibility index (Phi) is 9.18. The summed E-state index contributed by atoms with van der Waals surface area (Å²) >= 11 is 0. The van der Waals surface area contributed by atoms with E-state index in [0.29, 0.717) is 5.82 Å². The summed E-state index contributed by atoms with van der Waals surface area (Å²) in [5.41, 5.74) is 17.6. The molecule has 0 aliphatic heterocycles. The van der Waals surface area contributed by atoms with E-state index < -0.39 is 0 Å². The van der Waals surface area contributed by atoms with Crippen molar-refractivity contribution in [3.05, 3.63) is 231 Å². The smallest absolute Gasteiger partial charge is 0.160 e. The van der Waals surface area contributed by atoms with Crippen LogP contribution in [0.3, 0.4) is 0 Å². The van der Waals surface area contributed by atoms with Crippen molar-refractivity contribution in [2.45, 2.75) is 0 Å². The fourth-order valence-electron chi connectivity index (χ4n) is 8.45. The summed E-state index contributed by atoms with van der Waals surface area (Å²) < 4.78 is 6.47. The number of para-hydroxylation sites is 1. The van der Waals surface area contributed by atoms with Crippen molar-refractivity contribution < 1.29 is 4.42 Å². The minimum atomic E-state index is 0.661. The molecule has 0 saturated heterocycles. The van der Waals surface area contributed by atoms with Crippen LogP contribution in [0.1, 0.15) is 0 Å². The van der Waals surface area contributed by atoms with Gasteiger partial charge in [0.25, 0.3) is 0 Å². The van der Waals surface area contributed by atoms with Gasteiger partial charge < -0.3 is 4.42 Å². The summed E-state index contributed by atoms with van der Waals surface area (Å²) in [7, 11) is 0. The first-order chi connectivity index (χ1) is 30.2. The number of benzene rings is 9. The molecular formula is C58H38N2O. The third-order valence-corrected chi connectivity index (χ3v) is 11.5. The Morgan fingerprint density at radius 3 is 1.33 bits per heavy atom. The molecule has 0 amide bonds. The fourth-order valence-corrected chi connectivity index (χ4v) is 8.45. The lowest BCUT2D eigenvalue weighted by atomic mass is 9.85. The Bertz CT molecular complexity index is 3200. The van der Waals surface area contributed by atoms with Gasteiger partial charge in [-0.05, 0) is 92.0 Å². The fraction of sp³-hybridized carbons (Fsp3) is 0. The molecule has 0 saturated carbocycles. The lowest BCUT2D eigenvalue weighted by Gasteiger charge is -2.19. The Balaban J connectivity index is 1.16. The molecule has 9 aromatic carbocycles. The van der Waals surface area contributed by atoms with E-state index in [1.807, 2.05) is 24.3 Å². The van der Waals surface area contributed by atoms with Crippen LogP contribution < -0.4 is 0 Å². The van der Waals surface area contributed by atoms with E-state index >= 15 is 0 Å². The molecule has 0 aliphatic carbocycles. The van der Waals surface area contributed by atoms with Crippen molar-refractivity contribution in [3.8, 4) is 89.5 Å². The number of fused-ring (bicyclic) bond motifs is 3. The van der Waals surface area contributed by atoms with Gasteiger partial charge in [-0.15, -0.1) is 0 Å². The second kappa shape index (κ2) is 15.6. The highest BCUT2D eigenvalue weighted by Gasteiger charge is 2.21. The Morgan fingerprint density at radius 2 is 0.705 bits per heavy atom. The van der Waals surface area contributed by atoms with Crippen molar-refractivity contribution in [1.82, 2.24) is 9.97 Å². The van der Waals surface area contributed by atoms with Crippen molar-refractivity contribution in [2.75, 3.05) is 0 Å². The van der Waals surface area contributed by atoms with Crippen molar-refractivity contribution in [2.24, 2.45) is 0 Å². The van der Waals surface area contributed by atoms with Gasteiger partial charge in [0.05, 0.1) is 11.4 Å². The molecule has 0 unspecified atom stereocenters. The number of rotatable bonds is 8. The molecule has 0 radical (unpaired) electrons. The van der Waals surface area contributed by atoms with Gasteiger partial charge in [-0.3, -0.25) is 0 Å². The predicted octanol–water partition coefficient (Wildman–Crippen LogP) is 15.7. The summed E-state index contributed by atoms with van der Waals surface area (Å²) in [6, 6.07) is 81.1. The van der Waals surface area contributed by atoms with Gasteiger partial charge in [-0.25, -0.2) is 9.97 Å². The molecule has 0 fully saturated rings. The van der Waals surface area contributed by atoms with E-state index in [2.05, 4.69) is 206 Å². The summed E-state index contributed by atoms with van der Waals surface area (Å²) in [6.07, 6.45) is 0. The van der Waals surface area contributed by atoms with Crippen LogP contribution in [0.15, 0.2) is 235 Å². The summed E-state index contributed by atoms with van der Waals surface area (Å²) in [6.45, 7) is 0. The maximum absolute atomic E-state index is 6.47. The van der Waals surface area contributed by atoms with E-state index in [1.165, 1.54) is 11.1 Å². The summed E-state index contributed by atoms with van der Waals surface area (Å²) in [4.78, 5) is 10.8. The highest BCUT2D eigenvalue weighted by Crippen LogP contribution is 2.45. The molecule has 0 spiro atoms. The minimum absolute atomic E-state index is 0.661. The van der Waals surface area contributed by atoms with Crippen LogP contribution in [0.2, 0.25) is 0 Å². The molecule has 0 bridgehead atoms. The van der Waals surface area contributed by atoms with Crippen LogP contribution in [-0.4, -0.2) is 9.97 Å². The second-order valence-electron chi connectivity index (χ2n) is 15.3. The number of hydrogen-bond acceptors (Lipinski definition) is 3. The standard InChI is InChI=1S/C58H38N2O/c1-5-15-39(16-6-1)42-25-29-44(30-26-42)53-38-54(60-58(59-53)46-31-27-43(28-32-46)40-17-7-2-8-18-40)52-36-48(41-19-9-3-10-20-41)35-51(57(52)45-21-11-4-12-22-45)47-33-34-50-49-23-13-14-24-55(49)61-56(50)37-47/h1-38H. The van der Waals surface area contributed by atoms with Gasteiger partial charge >= 0.3 is 0 Å². The number of nitrogens with zero attached hydrogens (tertiary/aromatic N) is 2. The molecule has 286 valence electrons. The lowest BCUT2D eigenvalue weighted by molar-refractivity contribution is 0.669. The molecular weight excluding hydrogens is 741 g/mol. The molecule has 2 heterocycles. The first-order valence-corrected chi connectivity index (χ1v) is 20.6. The normalized spacial score (nSPS) is 11.3. The zero-order chi connectivity index (χ0) is 40.5. The average Bonchev–Trinajstić information content (AvgIpc) is 3.73. The molecule has 11 aromatic rings. The predicted molar refractivity (Wildman–Crippen MR) is 253 cm³/mol. The average molecular weight is 779 g/mol. The quantitative estimate of drug-likeness (QED) is 0.154. The Morgan fingerprint density at radius 1 is 0.262 bits per heavy atom. The van der Waals surface area contributed by atoms with Gasteiger partial charge in [-0.1, -0.05) is 194 Å². The zero-order valence-corrected chi connectivity index (χ0v) is 33.2. The highest BCUT2D eigenvalue weighted by molar-refractivity contribution is 6.07.